The standard InChI is InChI=1S/C12H12N2O/c1-7-6-10-11(15-14-12(10)13)9-5-3-2-4-8(7)9/h2-5,7H,6H2,1H3,(H2,13,14)/t7-/m1/s1. The van der Waals surface area contributed by atoms with E-state index in [1.165, 1.54) is 5.56 Å². The summed E-state index contributed by atoms with van der Waals surface area (Å²) in [6, 6.07) is 8.27. The van der Waals surface area contributed by atoms with Gasteiger partial charge in [-0.3, -0.25) is 0 Å². The molecule has 3 rings (SSSR count). The molecule has 1 aromatic carbocycles. The molecule has 1 heterocycles. The molecule has 0 aliphatic heterocycles. The zero-order chi connectivity index (χ0) is 10.4. The number of nitrogen functional groups attached to an aromatic ring is 1. The molecule has 1 aliphatic carbocycles. The van der Waals surface area contributed by atoms with Crippen LogP contribution in [0.25, 0.3) is 11.3 Å². The maximum absolute atomic E-state index is 5.78. The van der Waals surface area contributed by atoms with Gasteiger partial charge in [0.2, 0.25) is 0 Å². The summed E-state index contributed by atoms with van der Waals surface area (Å²) in [5.74, 6) is 1.86. The third kappa shape index (κ3) is 1.09. The second-order valence-corrected chi connectivity index (χ2v) is 4.07. The van der Waals surface area contributed by atoms with E-state index >= 15 is 0 Å². The Morgan fingerprint density at radius 1 is 1.40 bits per heavy atom. The Morgan fingerprint density at radius 2 is 2.20 bits per heavy atom. The lowest BCUT2D eigenvalue weighted by atomic mass is 9.83. The van der Waals surface area contributed by atoms with Gasteiger partial charge in [0.1, 0.15) is 0 Å². The summed E-state index contributed by atoms with van der Waals surface area (Å²) in [5, 5.41) is 3.83. The molecule has 0 saturated heterocycles. The highest BCUT2D eigenvalue weighted by Gasteiger charge is 2.26. The average Bonchev–Trinajstić information content (AvgIpc) is 2.62. The first-order valence-corrected chi connectivity index (χ1v) is 5.10. The number of fused-ring (bicyclic) bond motifs is 3. The number of anilines is 1. The molecule has 3 nitrogen and oxygen atoms in total. The van der Waals surface area contributed by atoms with Crippen LogP contribution in [0.4, 0.5) is 5.82 Å². The Hall–Kier alpha value is -1.77. The van der Waals surface area contributed by atoms with Gasteiger partial charge < -0.3 is 10.3 Å². The Kier molecular flexibility index (Phi) is 1.63. The smallest absolute Gasteiger partial charge is 0.172 e. The van der Waals surface area contributed by atoms with E-state index in [1.54, 1.807) is 0 Å². The van der Waals surface area contributed by atoms with Crippen LogP contribution in [0.5, 0.6) is 0 Å². The number of nitrogens with two attached hydrogens (primary N) is 1. The van der Waals surface area contributed by atoms with E-state index < -0.39 is 0 Å². The van der Waals surface area contributed by atoms with Crippen LogP contribution in [0.2, 0.25) is 0 Å². The Bertz CT molecular complexity index is 516. The van der Waals surface area contributed by atoms with Crippen molar-refractivity contribution in [3.63, 3.8) is 0 Å². The molecule has 2 aromatic rings. The summed E-state index contributed by atoms with van der Waals surface area (Å²) < 4.78 is 5.29. The second kappa shape index (κ2) is 2.86. The van der Waals surface area contributed by atoms with Gasteiger partial charge >= 0.3 is 0 Å². The van der Waals surface area contributed by atoms with Crippen LogP contribution in [0, 0.1) is 0 Å². The maximum atomic E-state index is 5.78. The van der Waals surface area contributed by atoms with E-state index in [1.807, 2.05) is 6.07 Å². The topological polar surface area (TPSA) is 52.0 Å². The molecule has 1 aliphatic rings. The molecule has 0 unspecified atom stereocenters. The monoisotopic (exact) mass is 200 g/mol. The molecule has 0 bridgehead atoms. The van der Waals surface area contributed by atoms with Crippen LogP contribution in [-0.4, -0.2) is 5.16 Å². The molecule has 2 N–H and O–H groups in total. The molecule has 76 valence electrons. The van der Waals surface area contributed by atoms with Gasteiger partial charge in [0.05, 0.1) is 0 Å². The van der Waals surface area contributed by atoms with E-state index in [2.05, 4.69) is 30.3 Å². The van der Waals surface area contributed by atoms with Crippen molar-refractivity contribution in [3.8, 4) is 11.3 Å². The largest absolute Gasteiger partial charge is 0.381 e. The zero-order valence-electron chi connectivity index (χ0n) is 8.53. The maximum Gasteiger partial charge on any atom is 0.172 e. The van der Waals surface area contributed by atoms with Crippen LogP contribution in [-0.2, 0) is 6.42 Å². The summed E-state index contributed by atoms with van der Waals surface area (Å²) in [6.45, 7) is 2.20. The summed E-state index contributed by atoms with van der Waals surface area (Å²) in [6.07, 6.45) is 0.918. The van der Waals surface area contributed by atoms with Gasteiger partial charge in [0.25, 0.3) is 0 Å². The fraction of sp³-hybridized carbons (Fsp3) is 0.250. The minimum absolute atomic E-state index is 0.482. The molecular weight excluding hydrogens is 188 g/mol. The van der Waals surface area contributed by atoms with Gasteiger partial charge in [0.15, 0.2) is 11.6 Å². The highest BCUT2D eigenvalue weighted by molar-refractivity contribution is 5.72. The van der Waals surface area contributed by atoms with Crippen molar-refractivity contribution >= 4 is 5.82 Å². The van der Waals surface area contributed by atoms with E-state index in [0.29, 0.717) is 11.7 Å². The molecule has 0 radical (unpaired) electrons. The normalized spacial score (nSPS) is 18.3. The third-order valence-electron chi connectivity index (χ3n) is 3.07. The predicted molar refractivity (Wildman–Crippen MR) is 58.5 cm³/mol. The van der Waals surface area contributed by atoms with Gasteiger partial charge in [0, 0.05) is 11.1 Å². The number of benzene rings is 1. The molecule has 0 amide bonds. The lowest BCUT2D eigenvalue weighted by molar-refractivity contribution is 0.432. The van der Waals surface area contributed by atoms with Crippen LogP contribution in [0.15, 0.2) is 28.8 Å². The van der Waals surface area contributed by atoms with Crippen LogP contribution >= 0.6 is 0 Å². The highest BCUT2D eigenvalue weighted by Crippen LogP contribution is 2.41. The Morgan fingerprint density at radius 3 is 3.07 bits per heavy atom. The fourth-order valence-corrected chi connectivity index (χ4v) is 2.28. The Labute approximate surface area is 87.9 Å². The van der Waals surface area contributed by atoms with Crippen molar-refractivity contribution in [1.29, 1.82) is 0 Å². The van der Waals surface area contributed by atoms with Gasteiger partial charge in [-0.2, -0.15) is 0 Å². The molecule has 0 spiro atoms. The fourth-order valence-electron chi connectivity index (χ4n) is 2.28. The lowest BCUT2D eigenvalue weighted by Crippen LogP contribution is -2.08. The van der Waals surface area contributed by atoms with Gasteiger partial charge in [-0.05, 0) is 17.9 Å². The molecular formula is C12H12N2O. The van der Waals surface area contributed by atoms with Crippen molar-refractivity contribution in [1.82, 2.24) is 5.16 Å². The number of nitrogens with zero attached hydrogens (tertiary/aromatic N) is 1. The minimum atomic E-state index is 0.482. The molecule has 15 heavy (non-hydrogen) atoms. The van der Waals surface area contributed by atoms with Crippen molar-refractivity contribution < 1.29 is 4.52 Å². The van der Waals surface area contributed by atoms with Crippen molar-refractivity contribution in [3.05, 3.63) is 35.4 Å². The van der Waals surface area contributed by atoms with E-state index in [-0.39, 0.29) is 0 Å². The van der Waals surface area contributed by atoms with Gasteiger partial charge in [-0.25, -0.2) is 0 Å². The lowest BCUT2D eigenvalue weighted by Gasteiger charge is -2.20. The number of aromatic nitrogens is 1. The third-order valence-corrected chi connectivity index (χ3v) is 3.07. The molecule has 3 heteroatoms. The number of hydrogen-bond donors (Lipinski definition) is 1. The first kappa shape index (κ1) is 8.53. The van der Waals surface area contributed by atoms with E-state index in [4.69, 9.17) is 10.3 Å². The number of rotatable bonds is 0. The zero-order valence-corrected chi connectivity index (χ0v) is 8.53. The second-order valence-electron chi connectivity index (χ2n) is 4.07. The molecule has 0 fully saturated rings. The Balaban J connectivity index is 2.30. The molecule has 0 saturated carbocycles. The highest BCUT2D eigenvalue weighted by atomic mass is 16.5. The summed E-state index contributed by atoms with van der Waals surface area (Å²) >= 11 is 0. The van der Waals surface area contributed by atoms with Crippen molar-refractivity contribution in [2.75, 3.05) is 5.73 Å². The first-order chi connectivity index (χ1) is 7.27. The molecule has 1 aromatic heterocycles. The van der Waals surface area contributed by atoms with Gasteiger partial charge in [-0.15, -0.1) is 0 Å². The molecule has 1 atom stereocenters. The summed E-state index contributed by atoms with van der Waals surface area (Å²) in [4.78, 5) is 0. The first-order valence-electron chi connectivity index (χ1n) is 5.10. The van der Waals surface area contributed by atoms with Crippen LogP contribution < -0.4 is 5.73 Å². The predicted octanol–water partition coefficient (Wildman–Crippen LogP) is 2.58. The summed E-state index contributed by atoms with van der Waals surface area (Å²) in [7, 11) is 0. The van der Waals surface area contributed by atoms with E-state index in [0.717, 1.165) is 23.3 Å². The van der Waals surface area contributed by atoms with Crippen LogP contribution in [0.3, 0.4) is 0 Å². The van der Waals surface area contributed by atoms with E-state index in [9.17, 15) is 0 Å². The van der Waals surface area contributed by atoms with Crippen LogP contribution in [0.1, 0.15) is 24.0 Å². The minimum Gasteiger partial charge on any atom is -0.381 e. The number of hydrogen-bond acceptors (Lipinski definition) is 3. The quantitative estimate of drug-likeness (QED) is 0.711. The average molecular weight is 200 g/mol. The van der Waals surface area contributed by atoms with Gasteiger partial charge in [-0.1, -0.05) is 36.3 Å². The SMILES string of the molecule is C[C@@H]1Cc2c(N)noc2-c2ccccc21. The van der Waals surface area contributed by atoms with Crippen molar-refractivity contribution in [2.45, 2.75) is 19.3 Å². The van der Waals surface area contributed by atoms with Crippen molar-refractivity contribution in [2.24, 2.45) is 0 Å². The summed E-state index contributed by atoms with van der Waals surface area (Å²) in [5.41, 5.74) is 9.29.